The summed E-state index contributed by atoms with van der Waals surface area (Å²) in [5.41, 5.74) is 1.26. The molecule has 2 heterocycles. The topological polar surface area (TPSA) is 90.6 Å². The molecule has 0 aliphatic rings. The van der Waals surface area contributed by atoms with Crippen molar-refractivity contribution >= 4 is 46.4 Å². The molecule has 0 saturated heterocycles. The second-order valence-corrected chi connectivity index (χ2v) is 7.76. The normalized spacial score (nSPS) is 10.8. The minimum atomic E-state index is -0.317. The van der Waals surface area contributed by atoms with Crippen molar-refractivity contribution in [1.82, 2.24) is 25.1 Å². The van der Waals surface area contributed by atoms with E-state index in [-0.39, 0.29) is 25.7 Å². The van der Waals surface area contributed by atoms with Crippen LogP contribution in [0.2, 0.25) is 15.1 Å². The number of carbonyl (C=O) groups excluding carboxylic acids is 1. The zero-order valence-electron chi connectivity index (χ0n) is 16.5. The molecule has 0 aliphatic heterocycles. The van der Waals surface area contributed by atoms with Crippen LogP contribution < -0.4 is 14.8 Å². The molecule has 4 rings (SSSR count). The summed E-state index contributed by atoms with van der Waals surface area (Å²) in [6, 6.07) is 15.5. The van der Waals surface area contributed by atoms with Crippen LogP contribution in [0.1, 0.15) is 0 Å². The standard InChI is InChI=1S/C21H16Cl3N5O3/c22-13-5-6-17(16(24)11-13)32-12-19(30)25-9-10-31-20-8-7-18-26-27-21(29(18)28-20)14-3-1-2-4-15(14)23/h1-8,11H,9-10,12H2,(H,25,30). The third-order valence-electron chi connectivity index (χ3n) is 4.28. The number of nitrogens with zero attached hydrogens (tertiary/aromatic N) is 4. The van der Waals surface area contributed by atoms with Crippen LogP contribution in [0.4, 0.5) is 0 Å². The van der Waals surface area contributed by atoms with E-state index in [1.165, 1.54) is 0 Å². The van der Waals surface area contributed by atoms with Gasteiger partial charge in [0, 0.05) is 16.7 Å². The van der Waals surface area contributed by atoms with Crippen molar-refractivity contribution in [2.75, 3.05) is 19.8 Å². The Morgan fingerprint density at radius 3 is 2.62 bits per heavy atom. The molecule has 0 bridgehead atoms. The number of carbonyl (C=O) groups is 1. The highest BCUT2D eigenvalue weighted by atomic mass is 35.5. The minimum Gasteiger partial charge on any atom is -0.482 e. The molecule has 0 saturated carbocycles. The van der Waals surface area contributed by atoms with Gasteiger partial charge >= 0.3 is 0 Å². The molecule has 164 valence electrons. The summed E-state index contributed by atoms with van der Waals surface area (Å²) >= 11 is 18.1. The van der Waals surface area contributed by atoms with Gasteiger partial charge in [-0.25, -0.2) is 0 Å². The largest absolute Gasteiger partial charge is 0.482 e. The van der Waals surface area contributed by atoms with E-state index in [0.29, 0.717) is 43.7 Å². The summed E-state index contributed by atoms with van der Waals surface area (Å²) in [6.07, 6.45) is 0. The fourth-order valence-corrected chi connectivity index (χ4v) is 3.48. The van der Waals surface area contributed by atoms with Crippen LogP contribution in [0.5, 0.6) is 11.6 Å². The van der Waals surface area contributed by atoms with Crippen molar-refractivity contribution in [3.05, 3.63) is 69.7 Å². The molecule has 1 amide bonds. The lowest BCUT2D eigenvalue weighted by atomic mass is 10.2. The highest BCUT2D eigenvalue weighted by Crippen LogP contribution is 2.28. The first-order chi connectivity index (χ1) is 15.5. The Balaban J connectivity index is 1.30. The van der Waals surface area contributed by atoms with Crippen molar-refractivity contribution in [3.63, 3.8) is 0 Å². The lowest BCUT2D eigenvalue weighted by Crippen LogP contribution is -2.32. The number of amides is 1. The first-order valence-corrected chi connectivity index (χ1v) is 10.6. The third kappa shape index (κ3) is 5.21. The van der Waals surface area contributed by atoms with Gasteiger partial charge in [-0.15, -0.1) is 15.3 Å². The van der Waals surface area contributed by atoms with E-state index < -0.39 is 0 Å². The van der Waals surface area contributed by atoms with Crippen LogP contribution in [0.25, 0.3) is 17.0 Å². The molecule has 2 aromatic heterocycles. The van der Waals surface area contributed by atoms with E-state index in [4.69, 9.17) is 44.3 Å². The van der Waals surface area contributed by atoms with Gasteiger partial charge in [0.05, 0.1) is 16.6 Å². The van der Waals surface area contributed by atoms with Crippen molar-refractivity contribution < 1.29 is 14.3 Å². The summed E-state index contributed by atoms with van der Waals surface area (Å²) in [5.74, 6) is 0.914. The SMILES string of the molecule is O=C(COc1ccc(Cl)cc1Cl)NCCOc1ccc2nnc(-c3ccccc3Cl)n2n1. The van der Waals surface area contributed by atoms with Gasteiger partial charge in [0.15, 0.2) is 18.1 Å². The summed E-state index contributed by atoms with van der Waals surface area (Å²) < 4.78 is 12.6. The number of rotatable bonds is 8. The number of fused-ring (bicyclic) bond motifs is 1. The Morgan fingerprint density at radius 2 is 1.81 bits per heavy atom. The zero-order valence-corrected chi connectivity index (χ0v) is 18.7. The molecular weight excluding hydrogens is 477 g/mol. The van der Waals surface area contributed by atoms with Crippen LogP contribution >= 0.6 is 34.8 Å². The first-order valence-electron chi connectivity index (χ1n) is 9.46. The lowest BCUT2D eigenvalue weighted by molar-refractivity contribution is -0.123. The second-order valence-electron chi connectivity index (χ2n) is 6.51. The fraction of sp³-hybridized carbons (Fsp3) is 0.143. The molecule has 32 heavy (non-hydrogen) atoms. The van der Waals surface area contributed by atoms with Crippen molar-refractivity contribution in [3.8, 4) is 23.0 Å². The van der Waals surface area contributed by atoms with Crippen LogP contribution in [0.3, 0.4) is 0 Å². The predicted octanol–water partition coefficient (Wildman–Crippen LogP) is 4.33. The smallest absolute Gasteiger partial charge is 0.258 e. The molecule has 8 nitrogen and oxygen atoms in total. The van der Waals surface area contributed by atoms with Gasteiger partial charge in [-0.2, -0.15) is 4.52 Å². The minimum absolute atomic E-state index is 0.187. The summed E-state index contributed by atoms with van der Waals surface area (Å²) in [4.78, 5) is 12.0. The second kappa shape index (κ2) is 10.0. The number of halogens is 3. The first kappa shape index (κ1) is 22.1. The lowest BCUT2D eigenvalue weighted by Gasteiger charge is -2.10. The zero-order chi connectivity index (χ0) is 22.5. The fourth-order valence-electron chi connectivity index (χ4n) is 2.79. The van der Waals surface area contributed by atoms with E-state index in [9.17, 15) is 4.79 Å². The Hall–Kier alpha value is -3.07. The maximum Gasteiger partial charge on any atom is 0.258 e. The molecule has 0 fully saturated rings. The van der Waals surface area contributed by atoms with Gasteiger partial charge in [-0.3, -0.25) is 4.79 Å². The summed E-state index contributed by atoms with van der Waals surface area (Å²) in [7, 11) is 0. The Kier molecular flexibility index (Phi) is 6.94. The molecule has 0 unspecified atom stereocenters. The number of aromatic nitrogens is 4. The molecule has 0 radical (unpaired) electrons. The van der Waals surface area contributed by atoms with Crippen LogP contribution in [0, 0.1) is 0 Å². The molecule has 0 spiro atoms. The van der Waals surface area contributed by atoms with Gasteiger partial charge in [0.25, 0.3) is 5.91 Å². The van der Waals surface area contributed by atoms with Gasteiger partial charge in [0.2, 0.25) is 5.88 Å². The summed E-state index contributed by atoms with van der Waals surface area (Å²) in [5, 5.41) is 16.7. The molecule has 4 aromatic rings. The molecule has 0 aliphatic carbocycles. The van der Waals surface area contributed by atoms with Gasteiger partial charge < -0.3 is 14.8 Å². The van der Waals surface area contributed by atoms with Crippen LogP contribution in [0.15, 0.2) is 54.6 Å². The van der Waals surface area contributed by atoms with E-state index in [2.05, 4.69) is 20.6 Å². The monoisotopic (exact) mass is 491 g/mol. The summed E-state index contributed by atoms with van der Waals surface area (Å²) in [6.45, 7) is 0.277. The van der Waals surface area contributed by atoms with Crippen molar-refractivity contribution in [2.45, 2.75) is 0 Å². The number of hydrogen-bond donors (Lipinski definition) is 1. The molecule has 0 atom stereocenters. The Morgan fingerprint density at radius 1 is 0.969 bits per heavy atom. The van der Waals surface area contributed by atoms with E-state index in [1.54, 1.807) is 40.9 Å². The highest BCUT2D eigenvalue weighted by molar-refractivity contribution is 6.35. The number of nitrogens with one attached hydrogen (secondary N) is 1. The van der Waals surface area contributed by atoms with Crippen LogP contribution in [-0.2, 0) is 4.79 Å². The van der Waals surface area contributed by atoms with Gasteiger partial charge in [-0.05, 0) is 36.4 Å². The quantitative estimate of drug-likeness (QED) is 0.368. The number of benzene rings is 2. The maximum absolute atomic E-state index is 12.0. The van der Waals surface area contributed by atoms with Crippen molar-refractivity contribution in [1.29, 1.82) is 0 Å². The molecule has 2 aromatic carbocycles. The van der Waals surface area contributed by atoms with E-state index >= 15 is 0 Å². The van der Waals surface area contributed by atoms with Crippen molar-refractivity contribution in [2.24, 2.45) is 0 Å². The molecule has 11 heteroatoms. The molecule has 1 N–H and O–H groups in total. The average Bonchev–Trinajstić information content (AvgIpc) is 3.19. The highest BCUT2D eigenvalue weighted by Gasteiger charge is 2.13. The predicted molar refractivity (Wildman–Crippen MR) is 122 cm³/mol. The van der Waals surface area contributed by atoms with Gasteiger partial charge in [-0.1, -0.05) is 46.9 Å². The molecular formula is C21H16Cl3N5O3. The number of hydrogen-bond acceptors (Lipinski definition) is 6. The maximum atomic E-state index is 12.0. The van der Waals surface area contributed by atoms with E-state index in [1.807, 2.05) is 18.2 Å². The van der Waals surface area contributed by atoms with Gasteiger partial charge in [0.1, 0.15) is 12.4 Å². The van der Waals surface area contributed by atoms with E-state index in [0.717, 1.165) is 0 Å². The Bertz CT molecular complexity index is 1260. The third-order valence-corrected chi connectivity index (χ3v) is 5.14. The van der Waals surface area contributed by atoms with Crippen LogP contribution in [-0.4, -0.2) is 45.5 Å². The average molecular weight is 493 g/mol. The number of ether oxygens (including phenoxy) is 2. The Labute approximate surface area is 198 Å².